The van der Waals surface area contributed by atoms with Crippen LogP contribution in [0.1, 0.15) is 31.4 Å². The number of hydrogen-bond acceptors (Lipinski definition) is 6. The molecule has 0 N–H and O–H groups in total. The molecule has 1 fully saturated rings. The first-order valence-electron chi connectivity index (χ1n) is 6.68. The van der Waals surface area contributed by atoms with Gasteiger partial charge in [0.2, 0.25) is 0 Å². The van der Waals surface area contributed by atoms with Gasteiger partial charge in [-0.1, -0.05) is 30.4 Å². The SMILES string of the molecule is O=C([O-])CCCCCN1C(=O)/C(=C\c2ccc(Br)o2)SC1=S. The third-order valence-electron chi connectivity index (χ3n) is 3.00. The van der Waals surface area contributed by atoms with E-state index in [9.17, 15) is 14.7 Å². The number of unbranched alkanes of at least 4 members (excludes halogenated alkanes) is 2. The molecule has 0 bridgehead atoms. The van der Waals surface area contributed by atoms with Crippen LogP contribution in [0.3, 0.4) is 0 Å². The molecule has 1 aliphatic rings. The minimum absolute atomic E-state index is 0.0473. The molecule has 0 atom stereocenters. The Hall–Kier alpha value is -1.12. The molecule has 0 saturated carbocycles. The molecule has 2 rings (SSSR count). The Morgan fingerprint density at radius 2 is 2.18 bits per heavy atom. The van der Waals surface area contributed by atoms with Crippen molar-refractivity contribution < 1.29 is 19.1 Å². The van der Waals surface area contributed by atoms with E-state index >= 15 is 0 Å². The van der Waals surface area contributed by atoms with Crippen molar-refractivity contribution in [2.24, 2.45) is 0 Å². The van der Waals surface area contributed by atoms with Crippen molar-refractivity contribution in [1.82, 2.24) is 4.90 Å². The molecule has 5 nitrogen and oxygen atoms in total. The first kappa shape index (κ1) is 17.2. The van der Waals surface area contributed by atoms with E-state index in [1.807, 2.05) is 0 Å². The van der Waals surface area contributed by atoms with Crippen molar-refractivity contribution >= 4 is 62.2 Å². The summed E-state index contributed by atoms with van der Waals surface area (Å²) in [7, 11) is 0. The molecule has 1 amide bonds. The third kappa shape index (κ3) is 4.69. The fraction of sp³-hybridized carbons (Fsp3) is 0.357. The second-order valence-corrected chi connectivity index (χ2v) is 7.12. The molecule has 1 aromatic heterocycles. The number of carbonyl (C=O) groups is 2. The summed E-state index contributed by atoms with van der Waals surface area (Å²) in [6.45, 7) is 0.497. The van der Waals surface area contributed by atoms with Crippen molar-refractivity contribution in [1.29, 1.82) is 0 Å². The van der Waals surface area contributed by atoms with E-state index in [1.165, 1.54) is 11.8 Å². The van der Waals surface area contributed by atoms with Crippen LogP contribution in [0.25, 0.3) is 6.08 Å². The van der Waals surface area contributed by atoms with Crippen LogP contribution in [0.5, 0.6) is 0 Å². The summed E-state index contributed by atoms with van der Waals surface area (Å²) in [6.07, 6.45) is 3.69. The maximum atomic E-state index is 12.3. The normalized spacial score (nSPS) is 16.8. The van der Waals surface area contributed by atoms with E-state index in [0.29, 0.717) is 39.0 Å². The zero-order chi connectivity index (χ0) is 16.1. The molecule has 118 valence electrons. The van der Waals surface area contributed by atoms with Crippen LogP contribution in [0.2, 0.25) is 0 Å². The van der Waals surface area contributed by atoms with Crippen LogP contribution in [0.15, 0.2) is 26.1 Å². The number of carboxylic acids is 1. The average Bonchev–Trinajstić information content (AvgIpc) is 2.96. The van der Waals surface area contributed by atoms with Gasteiger partial charge >= 0.3 is 0 Å². The predicted molar refractivity (Wildman–Crippen MR) is 89.8 cm³/mol. The Morgan fingerprint density at radius 3 is 2.82 bits per heavy atom. The summed E-state index contributed by atoms with van der Waals surface area (Å²) >= 11 is 9.67. The van der Waals surface area contributed by atoms with Crippen LogP contribution >= 0.6 is 39.9 Å². The summed E-state index contributed by atoms with van der Waals surface area (Å²) in [5, 5.41) is 10.3. The molecule has 22 heavy (non-hydrogen) atoms. The number of thiocarbonyl (C=S) groups is 1. The molecular weight excluding hydrogens is 390 g/mol. The van der Waals surface area contributed by atoms with Gasteiger partial charge in [-0.2, -0.15) is 0 Å². The van der Waals surface area contributed by atoms with Crippen LogP contribution in [0, 0.1) is 0 Å². The van der Waals surface area contributed by atoms with Gasteiger partial charge in [-0.25, -0.2) is 0 Å². The van der Waals surface area contributed by atoms with Crippen molar-refractivity contribution in [2.75, 3.05) is 6.54 Å². The maximum absolute atomic E-state index is 12.3. The van der Waals surface area contributed by atoms with Crippen LogP contribution < -0.4 is 5.11 Å². The van der Waals surface area contributed by atoms with Crippen molar-refractivity contribution in [3.8, 4) is 0 Å². The summed E-state index contributed by atoms with van der Waals surface area (Å²) in [5.41, 5.74) is 0. The topological polar surface area (TPSA) is 73.6 Å². The van der Waals surface area contributed by atoms with Crippen molar-refractivity contribution in [2.45, 2.75) is 25.7 Å². The molecule has 2 heterocycles. The largest absolute Gasteiger partial charge is 0.550 e. The highest BCUT2D eigenvalue weighted by molar-refractivity contribution is 9.10. The molecule has 1 aromatic rings. The van der Waals surface area contributed by atoms with Gasteiger partial charge in [-0.3, -0.25) is 9.69 Å². The van der Waals surface area contributed by atoms with Gasteiger partial charge < -0.3 is 14.3 Å². The van der Waals surface area contributed by atoms with Crippen LogP contribution in [-0.4, -0.2) is 27.6 Å². The third-order valence-corrected chi connectivity index (χ3v) is 4.81. The Balaban J connectivity index is 1.89. The lowest BCUT2D eigenvalue weighted by atomic mass is 10.2. The zero-order valence-electron chi connectivity index (χ0n) is 11.5. The van der Waals surface area contributed by atoms with E-state index in [1.54, 1.807) is 23.1 Å². The van der Waals surface area contributed by atoms with Crippen LogP contribution in [0.4, 0.5) is 0 Å². The van der Waals surface area contributed by atoms with Gasteiger partial charge in [0.1, 0.15) is 10.1 Å². The molecule has 1 saturated heterocycles. The number of carbonyl (C=O) groups excluding carboxylic acids is 2. The molecule has 0 aliphatic carbocycles. The average molecular weight is 403 g/mol. The fourth-order valence-corrected chi connectivity index (χ4v) is 3.55. The summed E-state index contributed by atoms with van der Waals surface area (Å²) in [5.74, 6) is -0.595. The lowest BCUT2D eigenvalue weighted by Gasteiger charge is -2.14. The second kappa shape index (κ2) is 7.94. The van der Waals surface area contributed by atoms with Gasteiger partial charge in [-0.05, 0) is 47.3 Å². The second-order valence-electron chi connectivity index (χ2n) is 4.66. The van der Waals surface area contributed by atoms with Gasteiger partial charge in [0.05, 0.1) is 4.91 Å². The highest BCUT2D eigenvalue weighted by Gasteiger charge is 2.31. The number of thioether (sulfide) groups is 1. The Morgan fingerprint density at radius 1 is 1.41 bits per heavy atom. The summed E-state index contributed by atoms with van der Waals surface area (Å²) in [4.78, 5) is 24.7. The Labute approximate surface area is 145 Å². The van der Waals surface area contributed by atoms with Crippen molar-refractivity contribution in [3.05, 3.63) is 27.5 Å². The molecule has 1 aliphatic heterocycles. The Bertz CT molecular complexity index is 626. The minimum Gasteiger partial charge on any atom is -0.550 e. The number of rotatable bonds is 7. The Kier molecular flexibility index (Phi) is 6.22. The quantitative estimate of drug-likeness (QED) is 0.396. The number of amides is 1. The van der Waals surface area contributed by atoms with E-state index in [0.717, 1.165) is 6.42 Å². The lowest BCUT2D eigenvalue weighted by molar-refractivity contribution is -0.305. The smallest absolute Gasteiger partial charge is 0.266 e. The number of nitrogens with zero attached hydrogens (tertiary/aromatic N) is 1. The van der Waals surface area contributed by atoms with E-state index in [2.05, 4.69) is 15.9 Å². The number of halogens is 1. The van der Waals surface area contributed by atoms with Crippen LogP contribution in [-0.2, 0) is 9.59 Å². The predicted octanol–water partition coefficient (Wildman–Crippen LogP) is 2.55. The fourth-order valence-electron chi connectivity index (χ4n) is 1.94. The minimum atomic E-state index is -1.04. The van der Waals surface area contributed by atoms with Gasteiger partial charge in [-0.15, -0.1) is 0 Å². The van der Waals surface area contributed by atoms with Crippen molar-refractivity contribution in [3.63, 3.8) is 0 Å². The highest BCUT2D eigenvalue weighted by atomic mass is 79.9. The van der Waals surface area contributed by atoms with Gasteiger partial charge in [0.15, 0.2) is 4.67 Å². The molecular formula is C14H13BrNO4S2-. The summed E-state index contributed by atoms with van der Waals surface area (Å²) < 4.78 is 6.47. The number of hydrogen-bond donors (Lipinski definition) is 0. The van der Waals surface area contributed by atoms with E-state index < -0.39 is 5.97 Å². The zero-order valence-corrected chi connectivity index (χ0v) is 14.8. The number of furan rings is 1. The highest BCUT2D eigenvalue weighted by Crippen LogP contribution is 2.33. The first-order chi connectivity index (χ1) is 10.5. The summed E-state index contributed by atoms with van der Waals surface area (Å²) in [6, 6.07) is 3.51. The molecule has 0 aromatic carbocycles. The standard InChI is InChI=1S/C14H14BrNO4S2/c15-11-6-5-9(20-11)8-10-13(19)16(14(21)22-10)7-3-1-2-4-12(17)18/h5-6,8H,1-4,7H2,(H,17,18)/p-1/b10-8+. The maximum Gasteiger partial charge on any atom is 0.266 e. The first-order valence-corrected chi connectivity index (χ1v) is 8.69. The number of aliphatic carboxylic acids is 1. The van der Waals surface area contributed by atoms with Gasteiger partial charge in [0, 0.05) is 18.6 Å². The molecule has 0 radical (unpaired) electrons. The monoisotopic (exact) mass is 402 g/mol. The van der Waals surface area contributed by atoms with E-state index in [4.69, 9.17) is 16.6 Å². The molecule has 0 spiro atoms. The van der Waals surface area contributed by atoms with Gasteiger partial charge in [0.25, 0.3) is 5.91 Å². The number of carboxylic acid groups (broad SMARTS) is 1. The molecule has 0 unspecified atom stereocenters. The van der Waals surface area contributed by atoms with E-state index in [-0.39, 0.29) is 12.3 Å². The molecule has 8 heteroatoms. The lowest BCUT2D eigenvalue weighted by Crippen LogP contribution is -2.29.